The van der Waals surface area contributed by atoms with Crippen molar-refractivity contribution in [1.29, 1.82) is 0 Å². The van der Waals surface area contributed by atoms with Crippen LogP contribution in [0.5, 0.6) is 5.75 Å². The second kappa shape index (κ2) is 10.1. The molecule has 3 rings (SSSR count). The third-order valence-corrected chi connectivity index (χ3v) is 5.26. The predicted molar refractivity (Wildman–Crippen MR) is 115 cm³/mol. The Morgan fingerprint density at radius 1 is 1.10 bits per heavy atom. The number of esters is 1. The molecule has 30 heavy (non-hydrogen) atoms. The maximum atomic E-state index is 12.8. The lowest BCUT2D eigenvalue weighted by Gasteiger charge is -2.23. The zero-order valence-electron chi connectivity index (χ0n) is 17.9. The standard InChI is InChI=1S/C23H29N3O4/c1-4-30-23(28)19-8-9-21(24-16-19)25-10-5-11-26(13-12-25)22(27)15-18-7-6-17(2)20(14-18)29-3/h6-9,14,16H,4-5,10-13,15H2,1-3H3. The van der Waals surface area contributed by atoms with Crippen LogP contribution in [0.1, 0.15) is 34.8 Å². The summed E-state index contributed by atoms with van der Waals surface area (Å²) >= 11 is 0. The number of rotatable bonds is 6. The smallest absolute Gasteiger partial charge is 0.339 e. The van der Waals surface area contributed by atoms with E-state index in [1.807, 2.05) is 36.1 Å². The normalized spacial score (nSPS) is 14.2. The lowest BCUT2D eigenvalue weighted by atomic mass is 10.1. The monoisotopic (exact) mass is 411 g/mol. The van der Waals surface area contributed by atoms with Crippen molar-refractivity contribution in [2.75, 3.05) is 44.8 Å². The van der Waals surface area contributed by atoms with Crippen LogP contribution in [0.2, 0.25) is 0 Å². The third-order valence-electron chi connectivity index (χ3n) is 5.26. The van der Waals surface area contributed by atoms with E-state index >= 15 is 0 Å². The Kier molecular flexibility index (Phi) is 7.27. The number of nitrogens with zero attached hydrogens (tertiary/aromatic N) is 3. The summed E-state index contributed by atoms with van der Waals surface area (Å²) < 4.78 is 10.4. The molecule has 1 amide bonds. The van der Waals surface area contributed by atoms with Gasteiger partial charge in [0.2, 0.25) is 5.91 Å². The van der Waals surface area contributed by atoms with Crippen molar-refractivity contribution in [3.63, 3.8) is 0 Å². The fourth-order valence-corrected chi connectivity index (χ4v) is 3.57. The van der Waals surface area contributed by atoms with Gasteiger partial charge in [-0.3, -0.25) is 4.79 Å². The van der Waals surface area contributed by atoms with Crippen molar-refractivity contribution in [2.45, 2.75) is 26.7 Å². The molecular formula is C23H29N3O4. The summed E-state index contributed by atoms with van der Waals surface area (Å²) in [5.74, 6) is 1.37. The largest absolute Gasteiger partial charge is 0.496 e. The number of hydrogen-bond donors (Lipinski definition) is 0. The molecule has 0 atom stereocenters. The average molecular weight is 412 g/mol. The topological polar surface area (TPSA) is 72.0 Å². The second-order valence-corrected chi connectivity index (χ2v) is 7.33. The molecule has 7 nitrogen and oxygen atoms in total. The van der Waals surface area contributed by atoms with Gasteiger partial charge >= 0.3 is 5.97 Å². The molecule has 2 aromatic rings. The van der Waals surface area contributed by atoms with Gasteiger partial charge in [0.15, 0.2) is 0 Å². The summed E-state index contributed by atoms with van der Waals surface area (Å²) in [6.07, 6.45) is 2.78. The molecule has 1 aliphatic rings. The number of anilines is 1. The molecule has 0 saturated carbocycles. The van der Waals surface area contributed by atoms with Gasteiger partial charge in [-0.2, -0.15) is 0 Å². The zero-order chi connectivity index (χ0) is 21.5. The maximum absolute atomic E-state index is 12.8. The summed E-state index contributed by atoms with van der Waals surface area (Å²) in [5, 5.41) is 0. The van der Waals surface area contributed by atoms with Crippen molar-refractivity contribution < 1.29 is 19.1 Å². The van der Waals surface area contributed by atoms with Gasteiger partial charge in [0.25, 0.3) is 0 Å². The SMILES string of the molecule is CCOC(=O)c1ccc(N2CCCN(C(=O)Cc3ccc(C)c(OC)c3)CC2)nc1. The first-order chi connectivity index (χ1) is 14.5. The first-order valence-corrected chi connectivity index (χ1v) is 10.3. The van der Waals surface area contributed by atoms with E-state index in [-0.39, 0.29) is 11.9 Å². The van der Waals surface area contributed by atoms with E-state index in [4.69, 9.17) is 9.47 Å². The molecule has 0 bridgehead atoms. The van der Waals surface area contributed by atoms with Crippen LogP contribution in [0.3, 0.4) is 0 Å². The van der Waals surface area contributed by atoms with E-state index in [1.165, 1.54) is 0 Å². The Labute approximate surface area is 177 Å². The Morgan fingerprint density at radius 2 is 1.93 bits per heavy atom. The second-order valence-electron chi connectivity index (χ2n) is 7.33. The molecule has 1 aromatic carbocycles. The zero-order valence-corrected chi connectivity index (χ0v) is 17.9. The minimum absolute atomic E-state index is 0.119. The van der Waals surface area contributed by atoms with Crippen LogP contribution in [0.4, 0.5) is 5.82 Å². The molecule has 0 radical (unpaired) electrons. The van der Waals surface area contributed by atoms with Crippen LogP contribution in [-0.2, 0) is 16.0 Å². The van der Waals surface area contributed by atoms with Crippen molar-refractivity contribution >= 4 is 17.7 Å². The minimum atomic E-state index is -0.364. The average Bonchev–Trinajstić information content (AvgIpc) is 3.02. The van der Waals surface area contributed by atoms with Gasteiger partial charge in [-0.15, -0.1) is 0 Å². The van der Waals surface area contributed by atoms with E-state index in [2.05, 4.69) is 9.88 Å². The van der Waals surface area contributed by atoms with Crippen LogP contribution < -0.4 is 9.64 Å². The maximum Gasteiger partial charge on any atom is 0.339 e. The lowest BCUT2D eigenvalue weighted by Crippen LogP contribution is -2.36. The number of aryl methyl sites for hydroxylation is 1. The first kappa shape index (κ1) is 21.6. The Balaban J connectivity index is 1.59. The van der Waals surface area contributed by atoms with Crippen molar-refractivity contribution in [3.8, 4) is 5.75 Å². The number of pyridine rings is 1. The molecular weight excluding hydrogens is 382 g/mol. The van der Waals surface area contributed by atoms with Crippen LogP contribution in [0.15, 0.2) is 36.5 Å². The highest BCUT2D eigenvalue weighted by Crippen LogP contribution is 2.20. The summed E-state index contributed by atoms with van der Waals surface area (Å²) in [7, 11) is 1.64. The summed E-state index contributed by atoms with van der Waals surface area (Å²) in [6.45, 7) is 6.98. The van der Waals surface area contributed by atoms with Crippen molar-refractivity contribution in [1.82, 2.24) is 9.88 Å². The number of benzene rings is 1. The number of ether oxygens (including phenoxy) is 2. The molecule has 1 aliphatic heterocycles. The third kappa shape index (κ3) is 5.28. The molecule has 0 aliphatic carbocycles. The summed E-state index contributed by atoms with van der Waals surface area (Å²) in [4.78, 5) is 33.1. The van der Waals surface area contributed by atoms with Gasteiger partial charge in [-0.25, -0.2) is 9.78 Å². The molecule has 0 unspecified atom stereocenters. The highest BCUT2D eigenvalue weighted by molar-refractivity contribution is 5.89. The number of hydrogen-bond acceptors (Lipinski definition) is 6. The number of amides is 1. The van der Waals surface area contributed by atoms with Crippen LogP contribution in [0, 0.1) is 6.92 Å². The molecule has 1 saturated heterocycles. The van der Waals surface area contributed by atoms with Crippen LogP contribution in [0.25, 0.3) is 0 Å². The highest BCUT2D eigenvalue weighted by atomic mass is 16.5. The van der Waals surface area contributed by atoms with Gasteiger partial charge in [0.05, 0.1) is 25.7 Å². The number of carbonyl (C=O) groups is 2. The van der Waals surface area contributed by atoms with Crippen LogP contribution >= 0.6 is 0 Å². The van der Waals surface area contributed by atoms with E-state index in [0.29, 0.717) is 31.7 Å². The number of carbonyl (C=O) groups excluding carboxylic acids is 2. The predicted octanol–water partition coefficient (Wildman–Crippen LogP) is 2.86. The molecule has 0 spiro atoms. The fourth-order valence-electron chi connectivity index (χ4n) is 3.57. The van der Waals surface area contributed by atoms with Gasteiger partial charge in [0.1, 0.15) is 11.6 Å². The summed E-state index contributed by atoms with van der Waals surface area (Å²) in [6, 6.07) is 9.47. The summed E-state index contributed by atoms with van der Waals surface area (Å²) in [5.41, 5.74) is 2.46. The van der Waals surface area contributed by atoms with Gasteiger partial charge in [-0.05, 0) is 49.6 Å². The molecule has 1 fully saturated rings. The quantitative estimate of drug-likeness (QED) is 0.681. The molecule has 0 N–H and O–H groups in total. The highest BCUT2D eigenvalue weighted by Gasteiger charge is 2.20. The van der Waals surface area contributed by atoms with E-state index < -0.39 is 0 Å². The van der Waals surface area contributed by atoms with Gasteiger partial charge in [0, 0.05) is 32.4 Å². The Morgan fingerprint density at radius 3 is 2.63 bits per heavy atom. The van der Waals surface area contributed by atoms with Crippen molar-refractivity contribution in [2.24, 2.45) is 0 Å². The van der Waals surface area contributed by atoms with Crippen molar-refractivity contribution in [3.05, 3.63) is 53.2 Å². The van der Waals surface area contributed by atoms with Gasteiger partial charge < -0.3 is 19.3 Å². The Bertz CT molecular complexity index is 883. The molecule has 2 heterocycles. The fraction of sp³-hybridized carbons (Fsp3) is 0.435. The lowest BCUT2D eigenvalue weighted by molar-refractivity contribution is -0.130. The van der Waals surface area contributed by atoms with Crippen LogP contribution in [-0.4, -0.2) is 61.7 Å². The first-order valence-electron chi connectivity index (χ1n) is 10.3. The molecule has 160 valence electrons. The Hall–Kier alpha value is -3.09. The van der Waals surface area contributed by atoms with E-state index in [0.717, 1.165) is 42.2 Å². The molecule has 7 heteroatoms. The van der Waals surface area contributed by atoms with E-state index in [9.17, 15) is 9.59 Å². The number of methoxy groups -OCH3 is 1. The number of aromatic nitrogens is 1. The minimum Gasteiger partial charge on any atom is -0.496 e. The van der Waals surface area contributed by atoms with Gasteiger partial charge in [-0.1, -0.05) is 12.1 Å². The van der Waals surface area contributed by atoms with E-state index in [1.54, 1.807) is 26.3 Å². The molecule has 1 aromatic heterocycles.